The summed E-state index contributed by atoms with van der Waals surface area (Å²) in [6.45, 7) is 11.5. The molecule has 0 N–H and O–H groups in total. The topological polar surface area (TPSA) is 147 Å². The summed E-state index contributed by atoms with van der Waals surface area (Å²) in [6, 6.07) is 0. The molecule has 0 aliphatic carbocycles. The van der Waals surface area contributed by atoms with Crippen molar-refractivity contribution >= 4 is 59.0 Å². The van der Waals surface area contributed by atoms with E-state index in [4.69, 9.17) is 4.74 Å². The van der Waals surface area contributed by atoms with Crippen LogP contribution in [-0.2, 0) is 23.9 Å². The molecule has 8 nitrogen and oxygen atoms in total. The predicted octanol–water partition coefficient (Wildman–Crippen LogP) is 11.0. The van der Waals surface area contributed by atoms with Crippen LogP contribution in [0.1, 0.15) is 259 Å². The molecule has 10 heteroatoms. The third-order valence-corrected chi connectivity index (χ3v) is 10.3. The first-order chi connectivity index (χ1) is 27.5. The zero-order chi connectivity index (χ0) is 43.9. The molecule has 0 aromatic heterocycles. The van der Waals surface area contributed by atoms with E-state index in [-0.39, 0.29) is 25.2 Å². The molecule has 0 unspecified atom stereocenters. The van der Waals surface area contributed by atoms with E-state index in [9.17, 15) is 34.5 Å². The SMILES string of the molecule is CCCCCCCCCCCC(=O)[O-].CCCCCCCCCCCC(=O)[O-].CCCCCCCCCCCC(=O)[O-].CCCCOC(=O)CCS.CCC[CH2][Sn+3]. The second kappa shape index (κ2) is 64.2. The molecule has 0 aromatic carbocycles. The number of carbonyl (C=O) groups excluding carboxylic acids is 4. The van der Waals surface area contributed by atoms with Gasteiger partial charge in [-0.15, -0.1) is 0 Å². The van der Waals surface area contributed by atoms with Crippen molar-refractivity contribution in [2.75, 3.05) is 12.4 Å². The van der Waals surface area contributed by atoms with Crippen LogP contribution in [-0.4, -0.2) is 58.8 Å². The Balaban J connectivity index is -0.000000204. The molecule has 0 heterocycles. The molecule has 0 rings (SSSR count). The number of thiol groups is 1. The van der Waals surface area contributed by atoms with Crippen LogP contribution in [0, 0.1) is 0 Å². The molecule has 0 saturated carbocycles. The number of aliphatic carboxylic acids is 3. The van der Waals surface area contributed by atoms with Gasteiger partial charge in [-0.1, -0.05) is 188 Å². The Morgan fingerprint density at radius 3 is 0.825 bits per heavy atom. The third-order valence-electron chi connectivity index (χ3n) is 9.06. The zero-order valence-electron chi connectivity index (χ0n) is 38.1. The van der Waals surface area contributed by atoms with Gasteiger partial charge in [0.05, 0.1) is 13.0 Å². The van der Waals surface area contributed by atoms with Gasteiger partial charge in [0, 0.05) is 23.7 Å². The number of unbranched alkanes of at least 4 members (excludes halogenated alkanes) is 26. The molecule has 0 spiro atoms. The molecule has 0 aliphatic rings. The maximum absolute atomic E-state index is 10.6. The number of rotatable bonds is 37. The van der Waals surface area contributed by atoms with Gasteiger partial charge in [-0.05, 0) is 44.9 Å². The Morgan fingerprint density at radius 1 is 0.386 bits per heavy atom. The standard InChI is InChI=1S/3C12H24O2.C7H14O2S.C4H9.Sn/c3*1-2-3-4-5-6-7-8-9-10-11-12(13)14;1-2-3-5-9-7(8)4-6-10;1-3-4-2;/h3*2-11H2,1H3,(H,13,14);10H,2-6H2,1H3;1,3-4H2,2H3;/q;;;;;+3/p-3. The fourth-order valence-corrected chi connectivity index (χ4v) is 6.60. The summed E-state index contributed by atoms with van der Waals surface area (Å²) < 4.78 is 6.27. The molecule has 0 radical (unpaired) electrons. The van der Waals surface area contributed by atoms with Crippen molar-refractivity contribution in [1.29, 1.82) is 0 Å². The van der Waals surface area contributed by atoms with Gasteiger partial charge in [-0.3, -0.25) is 4.79 Å². The fraction of sp³-hybridized carbons (Fsp3) is 0.915. The second-order valence-corrected chi connectivity index (χ2v) is 16.9. The van der Waals surface area contributed by atoms with E-state index >= 15 is 0 Å². The summed E-state index contributed by atoms with van der Waals surface area (Å²) in [7, 11) is 0. The first kappa shape index (κ1) is 65.2. The average molecular weight is 936 g/mol. The maximum atomic E-state index is 10.6. The Bertz CT molecular complexity index is 706. The Kier molecular flexibility index (Phi) is 73.4. The van der Waals surface area contributed by atoms with E-state index < -0.39 is 17.9 Å². The Morgan fingerprint density at radius 2 is 0.632 bits per heavy atom. The van der Waals surface area contributed by atoms with Gasteiger partial charge >= 0.3 is 52.7 Å². The summed E-state index contributed by atoms with van der Waals surface area (Å²) in [6.07, 6.45) is 38.7. The number of carboxylic acid groups (broad SMARTS) is 3. The molecular formula is C47H92O8SSn. The molecule has 0 aromatic rings. The van der Waals surface area contributed by atoms with Gasteiger partial charge in [0.1, 0.15) is 0 Å². The predicted molar refractivity (Wildman–Crippen MR) is 240 cm³/mol. The molecule has 0 aliphatic heterocycles. The van der Waals surface area contributed by atoms with Crippen molar-refractivity contribution in [3.63, 3.8) is 0 Å². The number of hydrogen-bond acceptors (Lipinski definition) is 9. The van der Waals surface area contributed by atoms with E-state index in [1.54, 1.807) is 22.5 Å². The quantitative estimate of drug-likeness (QED) is 0.0280. The van der Waals surface area contributed by atoms with Crippen LogP contribution in [0.3, 0.4) is 0 Å². The zero-order valence-corrected chi connectivity index (χ0v) is 41.8. The van der Waals surface area contributed by atoms with Crippen molar-refractivity contribution < 1.29 is 39.2 Å². The summed E-state index contributed by atoms with van der Waals surface area (Å²) in [5.74, 6) is -2.29. The van der Waals surface area contributed by atoms with Crippen LogP contribution < -0.4 is 15.3 Å². The van der Waals surface area contributed by atoms with Crippen LogP contribution in [0.15, 0.2) is 0 Å². The number of carboxylic acids is 3. The van der Waals surface area contributed by atoms with E-state index in [0.717, 1.165) is 51.4 Å². The second-order valence-electron chi connectivity index (χ2n) is 15.0. The van der Waals surface area contributed by atoms with Crippen LogP contribution in [0.25, 0.3) is 0 Å². The molecule has 0 saturated heterocycles. The molecule has 0 bridgehead atoms. The number of ether oxygens (including phenoxy) is 1. The minimum absolute atomic E-state index is 0.136. The average Bonchev–Trinajstić information content (AvgIpc) is 3.17. The van der Waals surface area contributed by atoms with Gasteiger partial charge in [-0.2, -0.15) is 12.6 Å². The number of esters is 1. The molecule has 0 amide bonds. The van der Waals surface area contributed by atoms with E-state index in [2.05, 4.69) is 47.2 Å². The van der Waals surface area contributed by atoms with Gasteiger partial charge in [0.25, 0.3) is 0 Å². The van der Waals surface area contributed by atoms with Crippen molar-refractivity contribution in [3.05, 3.63) is 0 Å². The van der Waals surface area contributed by atoms with Crippen LogP contribution >= 0.6 is 12.6 Å². The van der Waals surface area contributed by atoms with Crippen molar-refractivity contribution in [2.24, 2.45) is 0 Å². The van der Waals surface area contributed by atoms with E-state index in [1.165, 1.54) is 152 Å². The van der Waals surface area contributed by atoms with Gasteiger partial charge in [0.2, 0.25) is 0 Å². The number of hydrogen-bond donors (Lipinski definition) is 1. The first-order valence-electron chi connectivity index (χ1n) is 23.5. The van der Waals surface area contributed by atoms with Gasteiger partial charge in [0.15, 0.2) is 0 Å². The summed E-state index contributed by atoms with van der Waals surface area (Å²) in [5, 5.41) is 30.3. The monoisotopic (exact) mass is 937 g/mol. The van der Waals surface area contributed by atoms with Crippen LogP contribution in [0.4, 0.5) is 0 Å². The summed E-state index contributed by atoms with van der Waals surface area (Å²) in [5.41, 5.74) is 0. The Hall–Kier alpha value is -0.971. The third kappa shape index (κ3) is 87.6. The molecule has 0 atom stereocenters. The van der Waals surface area contributed by atoms with Gasteiger partial charge < -0.3 is 34.4 Å². The van der Waals surface area contributed by atoms with Crippen LogP contribution in [0.2, 0.25) is 4.44 Å². The normalized spacial score (nSPS) is 10.0. The molecule has 0 fully saturated rings. The van der Waals surface area contributed by atoms with Crippen molar-refractivity contribution in [2.45, 2.75) is 264 Å². The van der Waals surface area contributed by atoms with Gasteiger partial charge in [-0.25, -0.2) is 0 Å². The number of carbonyl (C=O) groups is 4. The van der Waals surface area contributed by atoms with Crippen molar-refractivity contribution in [1.82, 2.24) is 0 Å². The van der Waals surface area contributed by atoms with E-state index in [1.807, 2.05) is 0 Å². The first-order valence-corrected chi connectivity index (χ1v) is 26.2. The Labute approximate surface area is 372 Å². The molecule has 57 heavy (non-hydrogen) atoms. The van der Waals surface area contributed by atoms with E-state index in [0.29, 0.717) is 18.8 Å². The molecular weight excluding hydrogens is 843 g/mol. The minimum atomic E-state index is -0.909. The van der Waals surface area contributed by atoms with Crippen molar-refractivity contribution in [3.8, 4) is 0 Å². The fourth-order valence-electron chi connectivity index (χ4n) is 5.41. The molecule has 338 valence electrons. The van der Waals surface area contributed by atoms with Crippen LogP contribution in [0.5, 0.6) is 0 Å². The summed E-state index contributed by atoms with van der Waals surface area (Å²) in [4.78, 5) is 40.9. The summed E-state index contributed by atoms with van der Waals surface area (Å²) >= 11 is 5.59.